The maximum atomic E-state index is 9.46. The van der Waals surface area contributed by atoms with E-state index < -0.39 is 25.5 Å². The molecule has 13 heteroatoms. The molecule has 2 aromatic heterocycles. The first kappa shape index (κ1) is 59.0. The van der Waals surface area contributed by atoms with Gasteiger partial charge in [0, 0.05) is 43.8 Å². The van der Waals surface area contributed by atoms with E-state index in [1.54, 1.807) is 0 Å². The molecule has 0 N–H and O–H groups in total. The molecule has 10 nitrogen and oxygen atoms in total. The van der Waals surface area contributed by atoms with Crippen LogP contribution in [-0.2, 0) is 8.23 Å². The number of fused-ring (bicyclic) bond motifs is 14. The van der Waals surface area contributed by atoms with E-state index >= 15 is 0 Å². The fraction of sp³-hybridized carbons (Fsp3) is 0.529. The summed E-state index contributed by atoms with van der Waals surface area (Å²) in [4.78, 5) is 35.0. The van der Waals surface area contributed by atoms with Crippen LogP contribution in [0.5, 0.6) is 0 Å². The van der Waals surface area contributed by atoms with Crippen LogP contribution in [0.2, 0.25) is 36.3 Å². The lowest BCUT2D eigenvalue weighted by Crippen LogP contribution is -2.71. The van der Waals surface area contributed by atoms with E-state index in [0.717, 1.165) is 141 Å². The third-order valence-electron chi connectivity index (χ3n) is 17.9. The zero-order valence-corrected chi connectivity index (χ0v) is 53.3. The van der Waals surface area contributed by atoms with Gasteiger partial charge in [-0.2, -0.15) is 0 Å². The molecule has 6 aromatic rings. The largest absolute Gasteiger partial charge is 0.582 e. The van der Waals surface area contributed by atoms with Crippen molar-refractivity contribution in [3.05, 3.63) is 130 Å². The molecule has 6 bridgehead atoms. The summed E-state index contributed by atoms with van der Waals surface area (Å²) >= 11 is 0. The fourth-order valence-corrected chi connectivity index (χ4v) is 31.3. The lowest BCUT2D eigenvalue weighted by Gasteiger charge is -2.47. The Kier molecular flexibility index (Phi) is 20.3. The zero-order valence-electron chi connectivity index (χ0n) is 50.3. The van der Waals surface area contributed by atoms with E-state index in [1.807, 2.05) is 0 Å². The summed E-state index contributed by atoms with van der Waals surface area (Å²) in [5.74, 6) is 4.24. The lowest BCUT2D eigenvalue weighted by atomic mass is 10.1. The Labute approximate surface area is 488 Å². The van der Waals surface area contributed by atoms with Gasteiger partial charge in [0.05, 0.1) is 0 Å². The number of nitrogens with zero attached hydrogens (tertiary/aromatic N) is 8. The molecule has 0 saturated carbocycles. The molecule has 0 spiro atoms. The van der Waals surface area contributed by atoms with E-state index in [0.29, 0.717) is 23.3 Å². The molecule has 0 aliphatic carbocycles. The molecule has 81 heavy (non-hydrogen) atoms. The number of hydrogen-bond acceptors (Lipinski definition) is 8. The summed E-state index contributed by atoms with van der Waals surface area (Å²) in [6, 6.07) is 41.4. The van der Waals surface area contributed by atoms with Crippen molar-refractivity contribution in [2.45, 2.75) is 232 Å². The van der Waals surface area contributed by atoms with Crippen LogP contribution in [0.3, 0.4) is 0 Å². The average Bonchev–Trinajstić information content (AvgIpc) is 3.95. The molecule has 0 unspecified atom stereocenters. The minimum Gasteiger partial charge on any atom is -0.404 e. The standard InChI is InChI=1S/C68H94N8O2Si3/c1-7-13-19-33-47-79(48-34-20-14-8-2,49-35-21-15-9-3)77-81(78-80(50-36-22-16-10-4,51-37-23-17-11-5)52-38-24-18-12-6)75-65-57-43-29-30-44-58(57)67(75)73-63-55-41-27-28-42-56(55)64(70-63)74-68-60-46-32-31-45-59(60)66(76(68)81)72-62-54-40-26-25-39-53(54)61(69-62)71-65/h25-32,39-46H,7-24,33-38,47-52H2,1-6H3/b71-61-,71-65?,72-62?,72-66-,73-63-,73-67?,74-64?,74-68-. The third kappa shape index (κ3) is 12.7. The molecular weight excluding hydrogens is 1050 g/mol. The van der Waals surface area contributed by atoms with Gasteiger partial charge < -0.3 is 8.23 Å². The number of benzene rings is 4. The normalized spacial score (nSPS) is 17.1. The van der Waals surface area contributed by atoms with E-state index in [9.17, 15) is 8.23 Å². The molecule has 0 saturated heterocycles. The number of aromatic nitrogens is 2. The lowest BCUT2D eigenvalue weighted by molar-refractivity contribution is 0.317. The van der Waals surface area contributed by atoms with Gasteiger partial charge in [-0.1, -0.05) is 293 Å². The van der Waals surface area contributed by atoms with Gasteiger partial charge in [0.25, 0.3) is 0 Å². The van der Waals surface area contributed by atoms with Gasteiger partial charge in [-0.05, 0) is 36.3 Å². The van der Waals surface area contributed by atoms with Crippen molar-refractivity contribution in [2.75, 3.05) is 0 Å². The number of rotatable bonds is 34. The Morgan fingerprint density at radius 1 is 0.309 bits per heavy atom. The highest BCUT2D eigenvalue weighted by molar-refractivity contribution is 6.89. The average molecular weight is 1140 g/mol. The van der Waals surface area contributed by atoms with Gasteiger partial charge in [0.2, 0.25) is 0 Å². The monoisotopic (exact) mass is 1140 g/mol. The molecular formula is C68H94N8O2Si3. The van der Waals surface area contributed by atoms with Gasteiger partial charge in [0.15, 0.2) is 40.0 Å². The molecule has 0 radical (unpaired) electrons. The first-order valence-corrected chi connectivity index (χ1v) is 39.3. The second-order valence-electron chi connectivity index (χ2n) is 24.1. The van der Waals surface area contributed by atoms with Crippen molar-refractivity contribution in [3.8, 4) is 0 Å². The van der Waals surface area contributed by atoms with Crippen LogP contribution in [0.25, 0.3) is 21.5 Å². The van der Waals surface area contributed by atoms with E-state index in [2.05, 4.69) is 147 Å². The predicted molar refractivity (Wildman–Crippen MR) is 348 cm³/mol. The minimum absolute atomic E-state index is 0.660. The summed E-state index contributed by atoms with van der Waals surface area (Å²) in [6.07, 6.45) is 28.7. The van der Waals surface area contributed by atoms with Crippen LogP contribution in [0.1, 0.15) is 218 Å². The van der Waals surface area contributed by atoms with Crippen LogP contribution in [0, 0.1) is 0 Å². The summed E-state index contributed by atoms with van der Waals surface area (Å²) < 4.78 is 24.0. The van der Waals surface area contributed by atoms with Crippen molar-refractivity contribution >= 4 is 82.0 Å². The Morgan fingerprint density at radius 2 is 0.580 bits per heavy atom. The Bertz CT molecular complexity index is 3100. The Hall–Kier alpha value is -5.19. The molecule has 6 heterocycles. The highest BCUT2D eigenvalue weighted by Gasteiger charge is 2.60. The van der Waals surface area contributed by atoms with Crippen molar-refractivity contribution < 1.29 is 8.23 Å². The van der Waals surface area contributed by atoms with Crippen molar-refractivity contribution in [1.82, 2.24) is 8.47 Å². The topological polar surface area (TPSA) is 102 Å². The van der Waals surface area contributed by atoms with Crippen molar-refractivity contribution in [2.24, 2.45) is 30.0 Å². The second-order valence-corrected chi connectivity index (χ2v) is 35.5. The van der Waals surface area contributed by atoms with Crippen molar-refractivity contribution in [1.29, 1.82) is 0 Å². The molecule has 4 aliphatic rings. The minimum atomic E-state index is -4.45. The van der Waals surface area contributed by atoms with Gasteiger partial charge in [-0.25, -0.2) is 30.0 Å². The second kappa shape index (κ2) is 27.9. The fourth-order valence-electron chi connectivity index (χ4n) is 13.5. The first-order chi connectivity index (χ1) is 39.9. The maximum Gasteiger partial charge on any atom is 0.582 e. The van der Waals surface area contributed by atoms with Gasteiger partial charge in [-0.15, -0.1) is 0 Å². The smallest absolute Gasteiger partial charge is 0.404 e. The molecule has 0 atom stereocenters. The molecule has 0 fully saturated rings. The van der Waals surface area contributed by atoms with Gasteiger partial charge in [-0.3, -0.25) is 8.47 Å². The predicted octanol–water partition coefficient (Wildman–Crippen LogP) is 18.8. The van der Waals surface area contributed by atoms with Crippen LogP contribution in [0.15, 0.2) is 127 Å². The van der Waals surface area contributed by atoms with Crippen LogP contribution in [0.4, 0.5) is 11.6 Å². The van der Waals surface area contributed by atoms with E-state index in [-0.39, 0.29) is 0 Å². The highest BCUT2D eigenvalue weighted by atomic mass is 28.5. The number of amidine groups is 4. The number of hydrogen-bond donors (Lipinski definition) is 0. The SMILES string of the molecule is CCCCCC[Si](CCCCCC)(CCCCCC)O[Si]1(O[Si](CCCCCC)(CCCCCC)CCCCCC)n2c3c4ccccc4c2/N=C2N=C(/N=c4/c5ccccc5/c(n41)=N/C1=NC(=N\3)/c3ccccc31)c1ccccc1\2. The van der Waals surface area contributed by atoms with Crippen molar-refractivity contribution in [3.63, 3.8) is 0 Å². The summed E-state index contributed by atoms with van der Waals surface area (Å²) in [5, 5.41) is 4.06. The van der Waals surface area contributed by atoms with E-state index in [1.165, 1.54) is 116 Å². The van der Waals surface area contributed by atoms with Gasteiger partial charge in [0.1, 0.15) is 22.6 Å². The number of aliphatic imine (C=N–C) groups is 4. The molecule has 0 amide bonds. The summed E-state index contributed by atoms with van der Waals surface area (Å²) in [7, 11) is -10.2. The zero-order chi connectivity index (χ0) is 56.1. The van der Waals surface area contributed by atoms with Crippen LogP contribution >= 0.6 is 0 Å². The van der Waals surface area contributed by atoms with Crippen LogP contribution in [-0.4, -0.2) is 57.3 Å². The Morgan fingerprint density at radius 3 is 0.877 bits per heavy atom. The number of unbranched alkanes of at least 4 members (excludes halogenated alkanes) is 18. The molecule has 4 aromatic carbocycles. The Balaban J connectivity index is 1.43. The van der Waals surface area contributed by atoms with Crippen LogP contribution < -0.4 is 11.0 Å². The quantitative estimate of drug-likeness (QED) is 0.0297. The molecule has 10 rings (SSSR count). The molecule has 4 aliphatic heterocycles. The third-order valence-corrected chi connectivity index (χ3v) is 33.1. The summed E-state index contributed by atoms with van der Waals surface area (Å²) in [5.41, 5.74) is 5.51. The summed E-state index contributed by atoms with van der Waals surface area (Å²) in [6.45, 7) is 14.1. The van der Waals surface area contributed by atoms with E-state index in [4.69, 9.17) is 30.0 Å². The van der Waals surface area contributed by atoms with Gasteiger partial charge >= 0.3 is 8.88 Å². The first-order valence-electron chi connectivity index (χ1n) is 32.5. The highest BCUT2D eigenvalue weighted by Crippen LogP contribution is 2.48. The maximum absolute atomic E-state index is 9.46. The molecule has 430 valence electrons.